The van der Waals surface area contributed by atoms with E-state index in [-0.39, 0.29) is 22.8 Å². The summed E-state index contributed by atoms with van der Waals surface area (Å²) in [7, 11) is -3.68. The summed E-state index contributed by atoms with van der Waals surface area (Å²) < 4.78 is 29.0. The van der Waals surface area contributed by atoms with E-state index in [4.69, 9.17) is 0 Å². The SMILES string of the molecule is CCC(C)NS(=O)(=O)c1cc(NC(=O)C2CC2)ccc1N1CCCCC1C. The van der Waals surface area contributed by atoms with Crippen LogP contribution in [-0.4, -0.2) is 33.0 Å². The van der Waals surface area contributed by atoms with Gasteiger partial charge in [-0.3, -0.25) is 4.79 Å². The quantitative estimate of drug-likeness (QED) is 0.743. The molecular formula is C20H31N3O3S. The molecule has 2 unspecified atom stereocenters. The molecule has 1 amide bonds. The molecular weight excluding hydrogens is 362 g/mol. The van der Waals surface area contributed by atoms with E-state index in [1.807, 2.05) is 26.0 Å². The Morgan fingerprint density at radius 1 is 1.26 bits per heavy atom. The van der Waals surface area contributed by atoms with Gasteiger partial charge in [0, 0.05) is 30.2 Å². The predicted octanol–water partition coefficient (Wildman–Crippen LogP) is 3.49. The van der Waals surface area contributed by atoms with Gasteiger partial charge in [-0.2, -0.15) is 0 Å². The number of rotatable bonds is 7. The minimum absolute atomic E-state index is 0.0210. The van der Waals surface area contributed by atoms with E-state index in [9.17, 15) is 13.2 Å². The number of nitrogens with zero attached hydrogens (tertiary/aromatic N) is 1. The van der Waals surface area contributed by atoms with Gasteiger partial charge in [-0.15, -0.1) is 0 Å². The third kappa shape index (κ3) is 4.82. The summed E-state index contributed by atoms with van der Waals surface area (Å²) in [6.07, 6.45) is 5.82. The van der Waals surface area contributed by atoms with E-state index in [0.717, 1.165) is 37.9 Å². The van der Waals surface area contributed by atoms with Crippen LogP contribution in [0.25, 0.3) is 0 Å². The molecule has 1 saturated carbocycles. The van der Waals surface area contributed by atoms with E-state index in [0.29, 0.717) is 18.2 Å². The van der Waals surface area contributed by atoms with Crippen LogP contribution in [-0.2, 0) is 14.8 Å². The van der Waals surface area contributed by atoms with Gasteiger partial charge < -0.3 is 10.2 Å². The molecule has 3 rings (SSSR count). The van der Waals surface area contributed by atoms with Crippen LogP contribution in [0.4, 0.5) is 11.4 Å². The number of benzene rings is 1. The Bertz CT molecular complexity index is 790. The van der Waals surface area contributed by atoms with Crippen LogP contribution in [0.5, 0.6) is 0 Å². The van der Waals surface area contributed by atoms with Crippen molar-refractivity contribution in [3.63, 3.8) is 0 Å². The van der Waals surface area contributed by atoms with Gasteiger partial charge in [0.1, 0.15) is 4.90 Å². The van der Waals surface area contributed by atoms with Crippen molar-refractivity contribution in [2.45, 2.75) is 76.3 Å². The molecule has 1 saturated heterocycles. The molecule has 1 aliphatic carbocycles. The zero-order valence-corrected chi connectivity index (χ0v) is 17.3. The molecule has 0 spiro atoms. The van der Waals surface area contributed by atoms with Crippen molar-refractivity contribution in [2.24, 2.45) is 5.92 Å². The third-order valence-electron chi connectivity index (χ3n) is 5.55. The van der Waals surface area contributed by atoms with Crippen molar-refractivity contribution in [1.82, 2.24) is 4.72 Å². The molecule has 1 aromatic carbocycles. The maximum Gasteiger partial charge on any atom is 0.242 e. The van der Waals surface area contributed by atoms with Crippen LogP contribution in [0, 0.1) is 5.92 Å². The summed E-state index contributed by atoms with van der Waals surface area (Å²) in [5.41, 5.74) is 1.27. The maximum absolute atomic E-state index is 13.1. The van der Waals surface area contributed by atoms with E-state index in [1.165, 1.54) is 6.42 Å². The van der Waals surface area contributed by atoms with Crippen molar-refractivity contribution in [3.05, 3.63) is 18.2 Å². The highest BCUT2D eigenvalue weighted by Crippen LogP contribution is 2.34. The summed E-state index contributed by atoms with van der Waals surface area (Å²) in [5, 5.41) is 2.88. The number of carbonyl (C=O) groups is 1. The van der Waals surface area contributed by atoms with Crippen molar-refractivity contribution in [1.29, 1.82) is 0 Å². The molecule has 27 heavy (non-hydrogen) atoms. The normalized spacial score (nSPS) is 21.7. The molecule has 0 bridgehead atoms. The largest absolute Gasteiger partial charge is 0.368 e. The number of anilines is 2. The van der Waals surface area contributed by atoms with Crippen LogP contribution in [0.2, 0.25) is 0 Å². The molecule has 6 nitrogen and oxygen atoms in total. The number of carbonyl (C=O) groups excluding carboxylic acids is 1. The minimum atomic E-state index is -3.68. The van der Waals surface area contributed by atoms with E-state index >= 15 is 0 Å². The van der Waals surface area contributed by atoms with Crippen LogP contribution < -0.4 is 14.9 Å². The second kappa shape index (κ2) is 8.19. The number of nitrogens with one attached hydrogen (secondary N) is 2. The van der Waals surface area contributed by atoms with E-state index < -0.39 is 10.0 Å². The second-order valence-corrected chi connectivity index (χ2v) is 9.60. The van der Waals surface area contributed by atoms with E-state index in [2.05, 4.69) is 21.9 Å². The van der Waals surface area contributed by atoms with Crippen LogP contribution in [0.3, 0.4) is 0 Å². The van der Waals surface area contributed by atoms with Gasteiger partial charge >= 0.3 is 0 Å². The zero-order valence-electron chi connectivity index (χ0n) is 16.5. The van der Waals surface area contributed by atoms with Gasteiger partial charge in [0.15, 0.2) is 0 Å². The summed E-state index contributed by atoms with van der Waals surface area (Å²) in [6.45, 7) is 6.80. The molecule has 7 heteroatoms. The standard InChI is InChI=1S/C20H31N3O3S/c1-4-14(2)22-27(25,26)19-13-17(21-20(24)16-8-9-16)10-11-18(19)23-12-6-5-7-15(23)3/h10-11,13-16,22H,4-9,12H2,1-3H3,(H,21,24). The fraction of sp³-hybridized carbons (Fsp3) is 0.650. The molecule has 1 heterocycles. The first-order valence-electron chi connectivity index (χ1n) is 10.1. The molecule has 150 valence electrons. The molecule has 0 aromatic heterocycles. The Balaban J connectivity index is 1.97. The highest BCUT2D eigenvalue weighted by Gasteiger charge is 2.31. The molecule has 1 aliphatic heterocycles. The smallest absolute Gasteiger partial charge is 0.242 e. The van der Waals surface area contributed by atoms with Gasteiger partial charge in [-0.05, 0) is 70.6 Å². The van der Waals surface area contributed by atoms with Crippen molar-refractivity contribution in [2.75, 3.05) is 16.8 Å². The Hall–Kier alpha value is -1.60. The number of amides is 1. The first-order valence-corrected chi connectivity index (χ1v) is 11.5. The molecule has 1 aromatic rings. The number of hydrogen-bond donors (Lipinski definition) is 2. The Kier molecular flexibility index (Phi) is 6.11. The Morgan fingerprint density at radius 2 is 2.00 bits per heavy atom. The summed E-state index contributed by atoms with van der Waals surface area (Å²) in [4.78, 5) is 14.5. The maximum atomic E-state index is 13.1. The van der Waals surface area contributed by atoms with Gasteiger partial charge in [0.25, 0.3) is 0 Å². The molecule has 2 aliphatic rings. The van der Waals surface area contributed by atoms with Gasteiger partial charge in [-0.25, -0.2) is 13.1 Å². The van der Waals surface area contributed by atoms with Gasteiger partial charge in [0.2, 0.25) is 15.9 Å². The van der Waals surface area contributed by atoms with Crippen molar-refractivity contribution in [3.8, 4) is 0 Å². The minimum Gasteiger partial charge on any atom is -0.368 e. The zero-order chi connectivity index (χ0) is 19.6. The average Bonchev–Trinajstić information content (AvgIpc) is 3.47. The molecule has 0 radical (unpaired) electrons. The summed E-state index contributed by atoms with van der Waals surface area (Å²) in [6, 6.07) is 5.42. The predicted molar refractivity (Wildman–Crippen MR) is 109 cm³/mol. The number of hydrogen-bond acceptors (Lipinski definition) is 4. The topological polar surface area (TPSA) is 78.5 Å². The Labute approximate surface area is 162 Å². The van der Waals surface area contributed by atoms with Gasteiger partial charge in [0.05, 0.1) is 5.69 Å². The summed E-state index contributed by atoms with van der Waals surface area (Å²) in [5.74, 6) is 0.0532. The van der Waals surface area contributed by atoms with Gasteiger partial charge in [-0.1, -0.05) is 6.92 Å². The third-order valence-corrected chi connectivity index (χ3v) is 7.16. The Morgan fingerprint density at radius 3 is 2.63 bits per heavy atom. The lowest BCUT2D eigenvalue weighted by Crippen LogP contribution is -2.39. The van der Waals surface area contributed by atoms with Crippen molar-refractivity contribution >= 4 is 27.3 Å². The molecule has 2 atom stereocenters. The van der Waals surface area contributed by atoms with Crippen LogP contribution >= 0.6 is 0 Å². The van der Waals surface area contributed by atoms with E-state index in [1.54, 1.807) is 6.07 Å². The summed E-state index contributed by atoms with van der Waals surface area (Å²) >= 11 is 0. The fourth-order valence-corrected chi connectivity index (χ4v) is 5.07. The lowest BCUT2D eigenvalue weighted by Gasteiger charge is -2.36. The number of sulfonamides is 1. The lowest BCUT2D eigenvalue weighted by molar-refractivity contribution is -0.117. The highest BCUT2D eigenvalue weighted by atomic mass is 32.2. The van der Waals surface area contributed by atoms with Crippen LogP contribution in [0.1, 0.15) is 59.3 Å². The average molecular weight is 394 g/mol. The fourth-order valence-electron chi connectivity index (χ4n) is 3.50. The number of piperidine rings is 1. The monoisotopic (exact) mass is 393 g/mol. The molecule has 2 fully saturated rings. The van der Waals surface area contributed by atoms with Crippen molar-refractivity contribution < 1.29 is 13.2 Å². The first kappa shape index (κ1) is 20.1. The molecule has 2 N–H and O–H groups in total. The second-order valence-electron chi connectivity index (χ2n) is 7.91. The van der Waals surface area contributed by atoms with Crippen LogP contribution in [0.15, 0.2) is 23.1 Å². The lowest BCUT2D eigenvalue weighted by atomic mass is 10.0. The highest BCUT2D eigenvalue weighted by molar-refractivity contribution is 7.89. The first-order chi connectivity index (χ1) is 12.8.